The Labute approximate surface area is 113 Å². The van der Waals surface area contributed by atoms with Crippen molar-refractivity contribution in [2.75, 3.05) is 13.6 Å². The van der Waals surface area contributed by atoms with E-state index in [-0.39, 0.29) is 5.41 Å². The third-order valence-electron chi connectivity index (χ3n) is 4.45. The standard InChI is InChI=1S/C16H20N2O/c1-17-11-16(8-5-9-16)15(19)13-10-18(2)14-7-4-3-6-12(13)14/h3-4,6-7,10,17H,5,8-9,11H2,1-2H3. The van der Waals surface area contributed by atoms with E-state index in [1.165, 1.54) is 0 Å². The molecule has 0 amide bonds. The highest BCUT2D eigenvalue weighted by molar-refractivity contribution is 6.11. The number of carbonyl (C=O) groups is 1. The topological polar surface area (TPSA) is 34.0 Å². The molecule has 0 bridgehead atoms. The first-order valence-corrected chi connectivity index (χ1v) is 6.91. The first-order valence-electron chi connectivity index (χ1n) is 6.91. The van der Waals surface area contributed by atoms with E-state index in [4.69, 9.17) is 0 Å². The fourth-order valence-electron chi connectivity index (χ4n) is 3.23. The zero-order valence-electron chi connectivity index (χ0n) is 11.6. The van der Waals surface area contributed by atoms with Crippen LogP contribution >= 0.6 is 0 Å². The molecule has 0 radical (unpaired) electrons. The monoisotopic (exact) mass is 256 g/mol. The Morgan fingerprint density at radius 3 is 2.74 bits per heavy atom. The molecule has 0 saturated heterocycles. The minimum Gasteiger partial charge on any atom is -0.350 e. The van der Waals surface area contributed by atoms with Crippen LogP contribution in [0.2, 0.25) is 0 Å². The number of aryl methyl sites for hydroxylation is 1. The summed E-state index contributed by atoms with van der Waals surface area (Å²) in [6.07, 6.45) is 5.17. The highest BCUT2D eigenvalue weighted by Crippen LogP contribution is 2.44. The van der Waals surface area contributed by atoms with E-state index >= 15 is 0 Å². The van der Waals surface area contributed by atoms with Gasteiger partial charge in [-0.3, -0.25) is 4.79 Å². The third-order valence-corrected chi connectivity index (χ3v) is 4.45. The van der Waals surface area contributed by atoms with Crippen molar-refractivity contribution in [1.82, 2.24) is 9.88 Å². The minimum absolute atomic E-state index is 0.168. The Morgan fingerprint density at radius 2 is 2.11 bits per heavy atom. The number of ketones is 1. The third kappa shape index (κ3) is 1.80. The molecule has 1 aliphatic rings. The van der Waals surface area contributed by atoms with E-state index in [0.717, 1.165) is 42.3 Å². The number of nitrogens with zero attached hydrogens (tertiary/aromatic N) is 1. The van der Waals surface area contributed by atoms with Crippen molar-refractivity contribution in [2.24, 2.45) is 12.5 Å². The summed E-state index contributed by atoms with van der Waals surface area (Å²) in [6.45, 7) is 0.787. The largest absolute Gasteiger partial charge is 0.350 e. The van der Waals surface area contributed by atoms with Crippen molar-refractivity contribution in [3.63, 3.8) is 0 Å². The van der Waals surface area contributed by atoms with Crippen LogP contribution in [0.15, 0.2) is 30.5 Å². The summed E-state index contributed by atoms with van der Waals surface area (Å²) < 4.78 is 2.05. The summed E-state index contributed by atoms with van der Waals surface area (Å²) in [6, 6.07) is 8.14. The van der Waals surface area contributed by atoms with Gasteiger partial charge in [-0.25, -0.2) is 0 Å². The van der Waals surface area contributed by atoms with Crippen LogP contribution in [0.4, 0.5) is 0 Å². The van der Waals surface area contributed by atoms with Gasteiger partial charge in [0.2, 0.25) is 0 Å². The SMILES string of the molecule is CNCC1(C(=O)c2cn(C)c3ccccc23)CCC1. The number of hydrogen-bond acceptors (Lipinski definition) is 2. The summed E-state index contributed by atoms with van der Waals surface area (Å²) in [4.78, 5) is 12.9. The van der Waals surface area contributed by atoms with E-state index in [1.54, 1.807) is 0 Å². The predicted molar refractivity (Wildman–Crippen MR) is 77.5 cm³/mol. The average molecular weight is 256 g/mol. The molecule has 1 aromatic carbocycles. The maximum Gasteiger partial charge on any atom is 0.172 e. The lowest BCUT2D eigenvalue weighted by Crippen LogP contribution is -2.45. The van der Waals surface area contributed by atoms with Crippen LogP contribution in [0, 0.1) is 5.41 Å². The molecule has 1 aromatic heterocycles. The fraction of sp³-hybridized carbons (Fsp3) is 0.438. The van der Waals surface area contributed by atoms with Crippen LogP contribution in [0.25, 0.3) is 10.9 Å². The number of nitrogens with one attached hydrogen (secondary N) is 1. The zero-order valence-corrected chi connectivity index (χ0v) is 11.6. The maximum absolute atomic E-state index is 12.9. The number of aromatic nitrogens is 1. The van der Waals surface area contributed by atoms with Gasteiger partial charge in [-0.15, -0.1) is 0 Å². The summed E-state index contributed by atoms with van der Waals surface area (Å²) in [5.41, 5.74) is 1.84. The molecule has 3 nitrogen and oxygen atoms in total. The average Bonchev–Trinajstić information content (AvgIpc) is 2.71. The Hall–Kier alpha value is -1.61. The summed E-state index contributed by atoms with van der Waals surface area (Å²) in [5.74, 6) is 0.310. The second-order valence-corrected chi connectivity index (χ2v) is 5.66. The number of Topliss-reactive ketones (excluding diaryl/α,β-unsaturated/α-hetero) is 1. The quantitative estimate of drug-likeness (QED) is 0.853. The Balaban J connectivity index is 2.07. The molecule has 0 spiro atoms. The van der Waals surface area contributed by atoms with Gasteiger partial charge >= 0.3 is 0 Å². The molecule has 2 aromatic rings. The highest BCUT2D eigenvalue weighted by Gasteiger charge is 2.44. The summed E-state index contributed by atoms with van der Waals surface area (Å²) in [5, 5.41) is 4.27. The second kappa shape index (κ2) is 4.49. The van der Waals surface area contributed by atoms with Crippen molar-refractivity contribution in [3.8, 4) is 0 Å². The zero-order chi connectivity index (χ0) is 13.5. The predicted octanol–water partition coefficient (Wildman–Crippen LogP) is 2.75. The number of carbonyl (C=O) groups excluding carboxylic acids is 1. The fourth-order valence-corrected chi connectivity index (χ4v) is 3.23. The Morgan fingerprint density at radius 1 is 1.37 bits per heavy atom. The maximum atomic E-state index is 12.9. The van der Waals surface area contributed by atoms with Gasteiger partial charge in [-0.2, -0.15) is 0 Å². The van der Waals surface area contributed by atoms with E-state index in [2.05, 4.69) is 11.4 Å². The Bertz CT molecular complexity index is 623. The normalized spacial score (nSPS) is 17.4. The first kappa shape index (κ1) is 12.4. The van der Waals surface area contributed by atoms with Crippen LogP contribution < -0.4 is 5.32 Å². The van der Waals surface area contributed by atoms with E-state index < -0.39 is 0 Å². The van der Waals surface area contributed by atoms with Crippen molar-refractivity contribution in [3.05, 3.63) is 36.0 Å². The molecule has 1 N–H and O–H groups in total. The van der Waals surface area contributed by atoms with Gasteiger partial charge in [0.1, 0.15) is 0 Å². The Kier molecular flexibility index (Phi) is 2.94. The van der Waals surface area contributed by atoms with Crippen molar-refractivity contribution < 1.29 is 4.79 Å². The number of para-hydroxylation sites is 1. The first-order chi connectivity index (χ1) is 9.18. The van der Waals surface area contributed by atoms with Gasteiger partial charge in [0, 0.05) is 41.7 Å². The minimum atomic E-state index is -0.168. The molecule has 19 heavy (non-hydrogen) atoms. The lowest BCUT2D eigenvalue weighted by Gasteiger charge is -2.40. The van der Waals surface area contributed by atoms with Crippen molar-refractivity contribution in [1.29, 1.82) is 0 Å². The molecule has 0 unspecified atom stereocenters. The number of fused-ring (bicyclic) bond motifs is 1. The molecule has 0 aliphatic heterocycles. The van der Waals surface area contributed by atoms with Gasteiger partial charge in [0.05, 0.1) is 0 Å². The molecule has 0 atom stereocenters. The lowest BCUT2D eigenvalue weighted by molar-refractivity contribution is 0.0616. The summed E-state index contributed by atoms with van der Waals surface area (Å²) in [7, 11) is 3.93. The molecule has 3 heteroatoms. The van der Waals surface area contributed by atoms with Crippen LogP contribution in [-0.4, -0.2) is 23.9 Å². The van der Waals surface area contributed by atoms with Gasteiger partial charge in [-0.05, 0) is 26.0 Å². The van der Waals surface area contributed by atoms with Gasteiger partial charge < -0.3 is 9.88 Å². The molecule has 1 aliphatic carbocycles. The van der Waals surface area contributed by atoms with Crippen LogP contribution in [0.5, 0.6) is 0 Å². The van der Waals surface area contributed by atoms with Crippen LogP contribution in [0.1, 0.15) is 29.6 Å². The van der Waals surface area contributed by atoms with Crippen molar-refractivity contribution >= 4 is 16.7 Å². The summed E-state index contributed by atoms with van der Waals surface area (Å²) >= 11 is 0. The van der Waals surface area contributed by atoms with Gasteiger partial charge in [-0.1, -0.05) is 24.6 Å². The van der Waals surface area contributed by atoms with Crippen molar-refractivity contribution in [2.45, 2.75) is 19.3 Å². The molecule has 1 saturated carbocycles. The molecule has 100 valence electrons. The molecule has 1 heterocycles. The van der Waals surface area contributed by atoms with Gasteiger partial charge in [0.25, 0.3) is 0 Å². The number of hydrogen-bond donors (Lipinski definition) is 1. The second-order valence-electron chi connectivity index (χ2n) is 5.66. The van der Waals surface area contributed by atoms with Crippen LogP contribution in [0.3, 0.4) is 0 Å². The van der Waals surface area contributed by atoms with E-state index in [1.807, 2.05) is 43.1 Å². The van der Waals surface area contributed by atoms with E-state index in [0.29, 0.717) is 5.78 Å². The van der Waals surface area contributed by atoms with E-state index in [9.17, 15) is 4.79 Å². The van der Waals surface area contributed by atoms with Crippen LogP contribution in [-0.2, 0) is 7.05 Å². The lowest BCUT2D eigenvalue weighted by atomic mass is 9.64. The smallest absolute Gasteiger partial charge is 0.172 e. The highest BCUT2D eigenvalue weighted by atomic mass is 16.1. The van der Waals surface area contributed by atoms with Gasteiger partial charge in [0.15, 0.2) is 5.78 Å². The molecular weight excluding hydrogens is 236 g/mol. The molecular formula is C16H20N2O. The molecule has 1 fully saturated rings. The number of rotatable bonds is 4. The number of benzene rings is 1. The molecule has 3 rings (SSSR count).